The number of ketones is 1. The van der Waals surface area contributed by atoms with Gasteiger partial charge >= 0.3 is 5.97 Å². The van der Waals surface area contributed by atoms with E-state index in [4.69, 9.17) is 5.11 Å². The summed E-state index contributed by atoms with van der Waals surface area (Å²) < 4.78 is 0. The molecule has 4 heteroatoms. The summed E-state index contributed by atoms with van der Waals surface area (Å²) in [4.78, 5) is 23.6. The van der Waals surface area contributed by atoms with Crippen LogP contribution < -0.4 is 5.32 Å². The van der Waals surface area contributed by atoms with E-state index in [9.17, 15) is 9.59 Å². The number of hydrogen-bond acceptors (Lipinski definition) is 3. The summed E-state index contributed by atoms with van der Waals surface area (Å²) in [6.07, 6.45) is 3.90. The molecule has 0 saturated heterocycles. The molecule has 21 heavy (non-hydrogen) atoms. The molecule has 0 spiro atoms. The first-order valence-corrected chi connectivity index (χ1v) is 7.65. The third kappa shape index (κ3) is 3.91. The molecule has 0 heterocycles. The Morgan fingerprint density at radius 1 is 1.29 bits per heavy atom. The fourth-order valence-electron chi connectivity index (χ4n) is 2.79. The predicted octanol–water partition coefficient (Wildman–Crippen LogP) is 2.59. The zero-order valence-electron chi connectivity index (χ0n) is 12.7. The number of benzene rings is 1. The van der Waals surface area contributed by atoms with Crippen LogP contribution >= 0.6 is 0 Å². The molecule has 0 saturated carbocycles. The van der Waals surface area contributed by atoms with Crippen LogP contribution in [-0.2, 0) is 17.6 Å². The van der Waals surface area contributed by atoms with E-state index in [1.54, 1.807) is 0 Å². The molecule has 4 nitrogen and oxygen atoms in total. The quantitative estimate of drug-likeness (QED) is 0.757. The first-order chi connectivity index (χ1) is 10.0. The van der Waals surface area contributed by atoms with E-state index in [0.29, 0.717) is 5.56 Å². The van der Waals surface area contributed by atoms with Gasteiger partial charge < -0.3 is 10.4 Å². The van der Waals surface area contributed by atoms with Crippen molar-refractivity contribution in [3.05, 3.63) is 34.9 Å². The molecule has 1 aliphatic carbocycles. The molecule has 1 aromatic carbocycles. The maximum atomic E-state index is 12.6. The van der Waals surface area contributed by atoms with Crippen molar-refractivity contribution in [1.29, 1.82) is 0 Å². The van der Waals surface area contributed by atoms with Gasteiger partial charge in [-0.05, 0) is 49.8 Å². The van der Waals surface area contributed by atoms with Gasteiger partial charge in [0.2, 0.25) is 0 Å². The van der Waals surface area contributed by atoms with Crippen molar-refractivity contribution in [1.82, 2.24) is 5.32 Å². The van der Waals surface area contributed by atoms with Gasteiger partial charge in [0.15, 0.2) is 5.78 Å². The average Bonchev–Trinajstić information content (AvgIpc) is 2.92. The second-order valence-corrected chi connectivity index (χ2v) is 5.83. The number of aliphatic carboxylic acids is 1. The topological polar surface area (TPSA) is 66.4 Å². The standard InChI is InChI=1S/C17H23NO3/c1-3-11(2)18-15(10-16(19)20)17(21)14-8-7-12-5-4-6-13(12)9-14/h7-9,11,15,18H,3-6,10H2,1-2H3,(H,19,20). The number of hydrogen-bond donors (Lipinski definition) is 2. The van der Waals surface area contributed by atoms with Gasteiger partial charge in [0.1, 0.15) is 0 Å². The van der Waals surface area contributed by atoms with Crippen molar-refractivity contribution < 1.29 is 14.7 Å². The Kier molecular flexibility index (Phi) is 5.12. The van der Waals surface area contributed by atoms with E-state index in [1.807, 2.05) is 32.0 Å². The number of fused-ring (bicyclic) bond motifs is 1. The molecular formula is C17H23NO3. The SMILES string of the molecule is CCC(C)NC(CC(=O)O)C(=O)c1ccc2c(c1)CCC2. The molecule has 2 unspecified atom stereocenters. The van der Waals surface area contributed by atoms with Crippen LogP contribution in [0.1, 0.15) is 54.6 Å². The Bertz CT molecular complexity index is 539. The van der Waals surface area contributed by atoms with Crippen molar-refractivity contribution >= 4 is 11.8 Å². The number of carbonyl (C=O) groups is 2. The molecule has 0 radical (unpaired) electrons. The van der Waals surface area contributed by atoms with Crippen molar-refractivity contribution in [2.24, 2.45) is 0 Å². The molecule has 114 valence electrons. The smallest absolute Gasteiger partial charge is 0.305 e. The Balaban J connectivity index is 2.18. The van der Waals surface area contributed by atoms with Gasteiger partial charge in [-0.25, -0.2) is 0 Å². The minimum atomic E-state index is -0.953. The number of rotatable bonds is 7. The molecule has 0 aromatic heterocycles. The fraction of sp³-hybridized carbons (Fsp3) is 0.529. The van der Waals surface area contributed by atoms with Gasteiger partial charge in [0, 0.05) is 11.6 Å². The monoisotopic (exact) mass is 289 g/mol. The van der Waals surface area contributed by atoms with Crippen LogP contribution in [0.15, 0.2) is 18.2 Å². The average molecular weight is 289 g/mol. The van der Waals surface area contributed by atoms with Crippen molar-refractivity contribution in [2.45, 2.75) is 58.0 Å². The Labute approximate surface area is 125 Å². The molecule has 0 fully saturated rings. The molecular weight excluding hydrogens is 266 g/mol. The number of carboxylic acids is 1. The van der Waals surface area contributed by atoms with E-state index >= 15 is 0 Å². The molecule has 0 aliphatic heterocycles. The molecule has 1 aromatic rings. The van der Waals surface area contributed by atoms with Gasteiger partial charge in [0.25, 0.3) is 0 Å². The van der Waals surface area contributed by atoms with Crippen LogP contribution in [0, 0.1) is 0 Å². The largest absolute Gasteiger partial charge is 0.481 e. The molecule has 2 atom stereocenters. The summed E-state index contributed by atoms with van der Waals surface area (Å²) in [5.41, 5.74) is 3.17. The zero-order valence-corrected chi connectivity index (χ0v) is 12.7. The van der Waals surface area contributed by atoms with Gasteiger partial charge in [-0.15, -0.1) is 0 Å². The fourth-order valence-corrected chi connectivity index (χ4v) is 2.79. The summed E-state index contributed by atoms with van der Waals surface area (Å²) in [5, 5.41) is 12.2. The summed E-state index contributed by atoms with van der Waals surface area (Å²) in [7, 11) is 0. The van der Waals surface area contributed by atoms with E-state index < -0.39 is 12.0 Å². The minimum absolute atomic E-state index is 0.118. The van der Waals surface area contributed by atoms with E-state index in [-0.39, 0.29) is 18.2 Å². The first kappa shape index (κ1) is 15.7. The van der Waals surface area contributed by atoms with Crippen LogP contribution in [0.4, 0.5) is 0 Å². The van der Waals surface area contributed by atoms with Crippen molar-refractivity contribution in [2.75, 3.05) is 0 Å². The van der Waals surface area contributed by atoms with Crippen LogP contribution in [0.25, 0.3) is 0 Å². The van der Waals surface area contributed by atoms with Gasteiger partial charge in [0.05, 0.1) is 12.5 Å². The highest BCUT2D eigenvalue weighted by Crippen LogP contribution is 2.23. The molecule has 2 rings (SSSR count). The predicted molar refractivity (Wildman–Crippen MR) is 81.7 cm³/mol. The van der Waals surface area contributed by atoms with Crippen molar-refractivity contribution in [3.8, 4) is 0 Å². The lowest BCUT2D eigenvalue weighted by atomic mass is 9.97. The van der Waals surface area contributed by atoms with Crippen LogP contribution in [0.5, 0.6) is 0 Å². The Morgan fingerprint density at radius 3 is 2.67 bits per heavy atom. The number of Topliss-reactive ketones (excluding diaryl/α,β-unsaturated/α-hetero) is 1. The maximum absolute atomic E-state index is 12.6. The van der Waals surface area contributed by atoms with E-state index in [1.165, 1.54) is 11.1 Å². The molecule has 1 aliphatic rings. The third-order valence-electron chi connectivity index (χ3n) is 4.18. The van der Waals surface area contributed by atoms with Gasteiger partial charge in [-0.2, -0.15) is 0 Å². The number of aryl methyl sites for hydroxylation is 2. The summed E-state index contributed by atoms with van der Waals surface area (Å²) in [6, 6.07) is 5.25. The summed E-state index contributed by atoms with van der Waals surface area (Å²) >= 11 is 0. The Hall–Kier alpha value is -1.68. The molecule has 0 amide bonds. The van der Waals surface area contributed by atoms with Gasteiger partial charge in [-0.1, -0.05) is 19.1 Å². The minimum Gasteiger partial charge on any atom is -0.481 e. The second-order valence-electron chi connectivity index (χ2n) is 5.83. The highest BCUT2D eigenvalue weighted by atomic mass is 16.4. The van der Waals surface area contributed by atoms with Crippen molar-refractivity contribution in [3.63, 3.8) is 0 Å². The summed E-state index contributed by atoms with van der Waals surface area (Å²) in [6.45, 7) is 3.97. The number of carbonyl (C=O) groups excluding carboxylic acids is 1. The number of nitrogens with one attached hydrogen (secondary N) is 1. The molecule has 2 N–H and O–H groups in total. The molecule has 0 bridgehead atoms. The zero-order chi connectivity index (χ0) is 15.4. The van der Waals surface area contributed by atoms with Crippen LogP contribution in [0.3, 0.4) is 0 Å². The van der Waals surface area contributed by atoms with Gasteiger partial charge in [-0.3, -0.25) is 9.59 Å². The lowest BCUT2D eigenvalue weighted by molar-refractivity contribution is -0.137. The summed E-state index contributed by atoms with van der Waals surface area (Å²) in [5.74, 6) is -1.07. The van der Waals surface area contributed by atoms with Crippen LogP contribution in [-0.4, -0.2) is 28.9 Å². The van der Waals surface area contributed by atoms with Crippen LogP contribution in [0.2, 0.25) is 0 Å². The maximum Gasteiger partial charge on any atom is 0.305 e. The number of carboxylic acid groups (broad SMARTS) is 1. The first-order valence-electron chi connectivity index (χ1n) is 7.65. The highest BCUT2D eigenvalue weighted by molar-refractivity contribution is 6.02. The lowest BCUT2D eigenvalue weighted by Crippen LogP contribution is -2.43. The normalized spacial score (nSPS) is 16.3. The highest BCUT2D eigenvalue weighted by Gasteiger charge is 2.25. The third-order valence-corrected chi connectivity index (χ3v) is 4.18. The second kappa shape index (κ2) is 6.85. The van der Waals surface area contributed by atoms with E-state index in [0.717, 1.165) is 25.7 Å². The van der Waals surface area contributed by atoms with E-state index in [2.05, 4.69) is 5.32 Å². The lowest BCUT2D eigenvalue weighted by Gasteiger charge is -2.20. The Morgan fingerprint density at radius 2 is 2.00 bits per heavy atom.